The molecule has 0 saturated heterocycles. The number of aromatic nitrogens is 3. The highest BCUT2D eigenvalue weighted by Gasteiger charge is 2.15. The molecular weight excluding hydrogens is 286 g/mol. The zero-order chi connectivity index (χ0) is 15.4. The Kier molecular flexibility index (Phi) is 4.98. The highest BCUT2D eigenvalue weighted by Crippen LogP contribution is 2.21. The Balaban J connectivity index is 2.18. The van der Waals surface area contributed by atoms with E-state index in [1.54, 1.807) is 6.07 Å². The zero-order valence-corrected chi connectivity index (χ0v) is 13.4. The molecule has 2 aromatic heterocycles. The van der Waals surface area contributed by atoms with Gasteiger partial charge >= 0.3 is 0 Å². The van der Waals surface area contributed by atoms with Crippen LogP contribution in [0.1, 0.15) is 47.3 Å². The van der Waals surface area contributed by atoms with Crippen LogP contribution in [-0.4, -0.2) is 28.1 Å². The Morgan fingerprint density at radius 1 is 1.43 bits per heavy atom. The number of carbonyl (C=O) groups excluding carboxylic acids is 1. The summed E-state index contributed by atoms with van der Waals surface area (Å²) in [6.45, 7) is 5.79. The molecule has 2 rings (SSSR count). The third kappa shape index (κ3) is 3.62. The molecule has 6 nitrogen and oxygen atoms in total. The Morgan fingerprint density at radius 2 is 2.19 bits per heavy atom. The van der Waals surface area contributed by atoms with E-state index in [0.717, 1.165) is 11.4 Å². The molecule has 21 heavy (non-hydrogen) atoms. The molecule has 1 amide bonds. The Bertz CT molecular complexity index is 640. The molecule has 0 aliphatic heterocycles. The molecule has 0 aromatic carbocycles. The van der Waals surface area contributed by atoms with Gasteiger partial charge in [0.05, 0.1) is 22.6 Å². The van der Waals surface area contributed by atoms with Crippen molar-refractivity contribution in [1.29, 1.82) is 0 Å². The van der Waals surface area contributed by atoms with E-state index in [1.165, 1.54) is 11.3 Å². The van der Waals surface area contributed by atoms with Crippen molar-refractivity contribution < 1.29 is 4.79 Å². The highest BCUT2D eigenvalue weighted by atomic mass is 32.1. The first-order valence-electron chi connectivity index (χ1n) is 6.82. The number of thiazole rings is 1. The van der Waals surface area contributed by atoms with Crippen LogP contribution in [0, 0.1) is 6.92 Å². The quantitative estimate of drug-likeness (QED) is 0.886. The van der Waals surface area contributed by atoms with Crippen LogP contribution >= 0.6 is 11.3 Å². The molecule has 0 aliphatic rings. The first kappa shape index (κ1) is 15.5. The number of amides is 1. The second-order valence-corrected chi connectivity index (χ2v) is 5.60. The lowest BCUT2D eigenvalue weighted by Crippen LogP contribution is -2.17. The molecule has 0 fully saturated rings. The van der Waals surface area contributed by atoms with Crippen LogP contribution in [0.5, 0.6) is 0 Å². The van der Waals surface area contributed by atoms with Crippen LogP contribution < -0.4 is 10.6 Å². The van der Waals surface area contributed by atoms with E-state index in [1.807, 2.05) is 33.2 Å². The van der Waals surface area contributed by atoms with Gasteiger partial charge < -0.3 is 5.32 Å². The van der Waals surface area contributed by atoms with Gasteiger partial charge in [0, 0.05) is 11.4 Å². The standard InChI is InChI=1S/C14H19N5OS/c1-5-11-10(6-8(2)18-19-11)13(20)17-14-16-12(7-21-14)9(3)15-4/h6-7,9,15H,5H2,1-4H3,(H,16,17,20). The topological polar surface area (TPSA) is 79.8 Å². The van der Waals surface area contributed by atoms with Crippen molar-refractivity contribution >= 4 is 22.4 Å². The zero-order valence-electron chi connectivity index (χ0n) is 12.6. The number of aryl methyl sites for hydroxylation is 2. The molecule has 0 bridgehead atoms. The fourth-order valence-corrected chi connectivity index (χ4v) is 2.63. The Labute approximate surface area is 128 Å². The van der Waals surface area contributed by atoms with Gasteiger partial charge in [-0.15, -0.1) is 11.3 Å². The van der Waals surface area contributed by atoms with Gasteiger partial charge in [0.25, 0.3) is 5.91 Å². The van der Waals surface area contributed by atoms with Crippen molar-refractivity contribution in [2.24, 2.45) is 0 Å². The van der Waals surface area contributed by atoms with Gasteiger partial charge in [-0.05, 0) is 33.4 Å². The molecule has 2 N–H and O–H groups in total. The largest absolute Gasteiger partial charge is 0.312 e. The maximum atomic E-state index is 12.4. The first-order chi connectivity index (χ1) is 10.0. The molecule has 0 saturated carbocycles. The van der Waals surface area contributed by atoms with Gasteiger partial charge in [-0.2, -0.15) is 10.2 Å². The average molecular weight is 305 g/mol. The molecular formula is C14H19N5OS. The first-order valence-corrected chi connectivity index (χ1v) is 7.70. The van der Waals surface area contributed by atoms with Crippen LogP contribution in [0.3, 0.4) is 0 Å². The monoisotopic (exact) mass is 305 g/mol. The summed E-state index contributed by atoms with van der Waals surface area (Å²) in [4.78, 5) is 16.8. The number of anilines is 1. The lowest BCUT2D eigenvalue weighted by atomic mass is 10.1. The summed E-state index contributed by atoms with van der Waals surface area (Å²) < 4.78 is 0. The van der Waals surface area contributed by atoms with E-state index in [9.17, 15) is 4.79 Å². The lowest BCUT2D eigenvalue weighted by Gasteiger charge is -2.07. The average Bonchev–Trinajstić information content (AvgIpc) is 2.94. The van der Waals surface area contributed by atoms with Gasteiger partial charge in [0.15, 0.2) is 5.13 Å². The number of nitrogens with zero attached hydrogens (tertiary/aromatic N) is 3. The fourth-order valence-electron chi connectivity index (χ4n) is 1.83. The van der Waals surface area contributed by atoms with Crippen LogP contribution in [0.4, 0.5) is 5.13 Å². The summed E-state index contributed by atoms with van der Waals surface area (Å²) >= 11 is 1.41. The van der Waals surface area contributed by atoms with Crippen molar-refractivity contribution in [1.82, 2.24) is 20.5 Å². The Morgan fingerprint density at radius 3 is 2.86 bits per heavy atom. The molecule has 0 aliphatic carbocycles. The van der Waals surface area contributed by atoms with Gasteiger partial charge in [0.2, 0.25) is 0 Å². The van der Waals surface area contributed by atoms with Crippen LogP contribution in [0.2, 0.25) is 0 Å². The predicted molar refractivity (Wildman–Crippen MR) is 83.7 cm³/mol. The van der Waals surface area contributed by atoms with Crippen molar-refractivity contribution in [3.8, 4) is 0 Å². The number of rotatable bonds is 5. The number of hydrogen-bond acceptors (Lipinski definition) is 6. The molecule has 112 valence electrons. The van der Waals surface area contributed by atoms with Crippen LogP contribution in [0.25, 0.3) is 0 Å². The van der Waals surface area contributed by atoms with Gasteiger partial charge in [0.1, 0.15) is 0 Å². The van der Waals surface area contributed by atoms with E-state index in [2.05, 4.69) is 25.8 Å². The second kappa shape index (κ2) is 6.73. The fraction of sp³-hybridized carbons (Fsp3) is 0.429. The van der Waals surface area contributed by atoms with E-state index in [0.29, 0.717) is 22.8 Å². The van der Waals surface area contributed by atoms with Crippen LogP contribution in [0.15, 0.2) is 11.4 Å². The number of carbonyl (C=O) groups is 1. The number of hydrogen-bond donors (Lipinski definition) is 2. The van der Waals surface area contributed by atoms with Gasteiger partial charge in [-0.1, -0.05) is 6.92 Å². The smallest absolute Gasteiger partial charge is 0.259 e. The van der Waals surface area contributed by atoms with E-state index in [-0.39, 0.29) is 11.9 Å². The molecule has 1 unspecified atom stereocenters. The maximum absolute atomic E-state index is 12.4. The van der Waals surface area contributed by atoms with Gasteiger partial charge in [-0.25, -0.2) is 4.98 Å². The van der Waals surface area contributed by atoms with Crippen LogP contribution in [-0.2, 0) is 6.42 Å². The minimum atomic E-state index is -0.192. The molecule has 0 radical (unpaired) electrons. The van der Waals surface area contributed by atoms with E-state index < -0.39 is 0 Å². The molecule has 2 heterocycles. The summed E-state index contributed by atoms with van der Waals surface area (Å²) in [6, 6.07) is 1.91. The Hall–Kier alpha value is -1.86. The lowest BCUT2D eigenvalue weighted by molar-refractivity contribution is 0.102. The summed E-state index contributed by atoms with van der Waals surface area (Å²) in [6.07, 6.45) is 0.663. The third-order valence-corrected chi connectivity index (χ3v) is 3.97. The number of nitrogens with one attached hydrogen (secondary N) is 2. The molecule has 2 aromatic rings. The molecule has 7 heteroatoms. The normalized spacial score (nSPS) is 12.2. The summed E-state index contributed by atoms with van der Waals surface area (Å²) in [5, 5.41) is 16.5. The summed E-state index contributed by atoms with van der Waals surface area (Å²) in [7, 11) is 1.88. The van der Waals surface area contributed by atoms with Crippen molar-refractivity contribution in [3.63, 3.8) is 0 Å². The van der Waals surface area contributed by atoms with E-state index >= 15 is 0 Å². The predicted octanol–water partition coefficient (Wildman–Crippen LogP) is 2.34. The van der Waals surface area contributed by atoms with Crippen molar-refractivity contribution in [3.05, 3.63) is 34.1 Å². The minimum absolute atomic E-state index is 0.156. The van der Waals surface area contributed by atoms with Gasteiger partial charge in [-0.3, -0.25) is 10.1 Å². The molecule has 1 atom stereocenters. The minimum Gasteiger partial charge on any atom is -0.312 e. The second-order valence-electron chi connectivity index (χ2n) is 4.74. The highest BCUT2D eigenvalue weighted by molar-refractivity contribution is 7.14. The summed E-state index contributed by atoms with van der Waals surface area (Å²) in [5.74, 6) is -0.192. The SMILES string of the molecule is CCc1nnc(C)cc1C(=O)Nc1nc(C(C)NC)cs1. The summed E-state index contributed by atoms with van der Waals surface area (Å²) in [5.41, 5.74) is 2.89. The molecule has 0 spiro atoms. The van der Waals surface area contributed by atoms with Crippen molar-refractivity contribution in [2.45, 2.75) is 33.2 Å². The maximum Gasteiger partial charge on any atom is 0.259 e. The third-order valence-electron chi connectivity index (χ3n) is 3.19. The van der Waals surface area contributed by atoms with E-state index in [4.69, 9.17) is 0 Å². The van der Waals surface area contributed by atoms with Crippen molar-refractivity contribution in [2.75, 3.05) is 12.4 Å².